The Morgan fingerprint density at radius 1 is 0.867 bits per heavy atom. The molecule has 0 unspecified atom stereocenters. The molecule has 0 aromatic carbocycles. The largest absolute Gasteiger partial charge is 0.493 e. The zero-order chi connectivity index (χ0) is 10.3. The van der Waals surface area contributed by atoms with Gasteiger partial charge < -0.3 is 9.47 Å². The number of rotatable bonds is 6. The molecule has 0 saturated carbocycles. The summed E-state index contributed by atoms with van der Waals surface area (Å²) in [6.45, 7) is 1.42. The Hall–Kier alpha value is -1.00. The summed E-state index contributed by atoms with van der Waals surface area (Å²) < 4.78 is 11.0. The molecule has 80 valence electrons. The molecule has 0 aliphatic rings. The van der Waals surface area contributed by atoms with Gasteiger partial charge in [0.2, 0.25) is 0 Å². The first-order chi connectivity index (χ1) is 7.45. The maximum absolute atomic E-state index is 5.50. The molecular formula is C11H12O2S2. The van der Waals surface area contributed by atoms with Crippen LogP contribution in [0.4, 0.5) is 0 Å². The molecule has 0 aliphatic carbocycles. The Bertz CT molecular complexity index is 318. The summed E-state index contributed by atoms with van der Waals surface area (Å²) in [5, 5.41) is 8.02. The summed E-state index contributed by atoms with van der Waals surface area (Å²) in [5.41, 5.74) is 0. The molecule has 2 heterocycles. The monoisotopic (exact) mass is 240 g/mol. The third kappa shape index (κ3) is 3.57. The van der Waals surface area contributed by atoms with Gasteiger partial charge in [0.15, 0.2) is 0 Å². The average molecular weight is 240 g/mol. The van der Waals surface area contributed by atoms with E-state index in [1.54, 1.807) is 22.7 Å². The third-order valence-corrected chi connectivity index (χ3v) is 3.14. The zero-order valence-electron chi connectivity index (χ0n) is 8.22. The van der Waals surface area contributed by atoms with Gasteiger partial charge in [-0.05, 0) is 22.9 Å². The standard InChI is InChI=1S/C11H12O2S2/c1(4-12-10-2-6-14-8-10)5-13-11-3-7-15-9-11/h2-3,6-9H,1,4-5H2. The van der Waals surface area contributed by atoms with Crippen molar-refractivity contribution < 1.29 is 9.47 Å². The molecule has 0 aliphatic heterocycles. The second kappa shape index (κ2) is 5.78. The molecule has 2 aromatic heterocycles. The van der Waals surface area contributed by atoms with E-state index in [1.807, 2.05) is 33.7 Å². The van der Waals surface area contributed by atoms with Crippen molar-refractivity contribution in [2.75, 3.05) is 13.2 Å². The van der Waals surface area contributed by atoms with E-state index in [4.69, 9.17) is 9.47 Å². The van der Waals surface area contributed by atoms with Crippen molar-refractivity contribution in [1.82, 2.24) is 0 Å². The maximum Gasteiger partial charge on any atom is 0.129 e. The lowest BCUT2D eigenvalue weighted by Crippen LogP contribution is -2.04. The average Bonchev–Trinajstić information content (AvgIpc) is 2.88. The molecule has 0 atom stereocenters. The molecule has 2 aromatic rings. The van der Waals surface area contributed by atoms with Crippen LogP contribution in [0.2, 0.25) is 0 Å². The molecule has 0 amide bonds. The van der Waals surface area contributed by atoms with Crippen LogP contribution in [-0.4, -0.2) is 13.2 Å². The van der Waals surface area contributed by atoms with Gasteiger partial charge in [-0.2, -0.15) is 0 Å². The van der Waals surface area contributed by atoms with Crippen molar-refractivity contribution in [3.8, 4) is 11.5 Å². The van der Waals surface area contributed by atoms with Crippen LogP contribution in [0.3, 0.4) is 0 Å². The van der Waals surface area contributed by atoms with Crippen LogP contribution in [0.15, 0.2) is 33.7 Å². The van der Waals surface area contributed by atoms with Crippen LogP contribution >= 0.6 is 22.7 Å². The summed E-state index contributed by atoms with van der Waals surface area (Å²) in [5.74, 6) is 1.91. The fraction of sp³-hybridized carbons (Fsp3) is 0.273. The molecule has 0 radical (unpaired) electrons. The Kier molecular flexibility index (Phi) is 4.05. The smallest absolute Gasteiger partial charge is 0.129 e. The highest BCUT2D eigenvalue weighted by atomic mass is 32.1. The third-order valence-electron chi connectivity index (χ3n) is 1.82. The highest BCUT2D eigenvalue weighted by Crippen LogP contribution is 2.16. The molecule has 2 nitrogen and oxygen atoms in total. The van der Waals surface area contributed by atoms with Gasteiger partial charge >= 0.3 is 0 Å². The van der Waals surface area contributed by atoms with E-state index < -0.39 is 0 Å². The lowest BCUT2D eigenvalue weighted by atomic mass is 10.5. The van der Waals surface area contributed by atoms with Crippen molar-refractivity contribution in [1.29, 1.82) is 0 Å². The first kappa shape index (κ1) is 10.5. The first-order valence-electron chi connectivity index (χ1n) is 4.75. The minimum Gasteiger partial charge on any atom is -0.493 e. The van der Waals surface area contributed by atoms with Crippen LogP contribution < -0.4 is 9.47 Å². The summed E-state index contributed by atoms with van der Waals surface area (Å²) in [6.07, 6.45) is 0.908. The number of hydrogen-bond donors (Lipinski definition) is 0. The van der Waals surface area contributed by atoms with Gasteiger partial charge in [0.05, 0.1) is 13.2 Å². The quantitative estimate of drug-likeness (QED) is 0.717. The van der Waals surface area contributed by atoms with E-state index >= 15 is 0 Å². The van der Waals surface area contributed by atoms with E-state index in [0.717, 1.165) is 17.9 Å². The van der Waals surface area contributed by atoms with Crippen LogP contribution in [0.25, 0.3) is 0 Å². The van der Waals surface area contributed by atoms with Gasteiger partial charge in [-0.3, -0.25) is 0 Å². The fourth-order valence-corrected chi connectivity index (χ4v) is 2.25. The Morgan fingerprint density at radius 2 is 1.40 bits per heavy atom. The molecule has 0 fully saturated rings. The van der Waals surface area contributed by atoms with Crippen molar-refractivity contribution in [3.63, 3.8) is 0 Å². The molecule has 15 heavy (non-hydrogen) atoms. The molecule has 2 rings (SSSR count). The topological polar surface area (TPSA) is 18.5 Å². The number of hydrogen-bond acceptors (Lipinski definition) is 4. The molecule has 0 spiro atoms. The Morgan fingerprint density at radius 3 is 1.80 bits per heavy atom. The van der Waals surface area contributed by atoms with Gasteiger partial charge in [-0.25, -0.2) is 0 Å². The van der Waals surface area contributed by atoms with Crippen LogP contribution in [0.5, 0.6) is 11.5 Å². The van der Waals surface area contributed by atoms with Gasteiger partial charge in [0.25, 0.3) is 0 Å². The minimum absolute atomic E-state index is 0.709. The van der Waals surface area contributed by atoms with E-state index in [2.05, 4.69) is 0 Å². The van der Waals surface area contributed by atoms with E-state index in [-0.39, 0.29) is 0 Å². The second-order valence-electron chi connectivity index (χ2n) is 2.97. The van der Waals surface area contributed by atoms with Gasteiger partial charge in [-0.15, -0.1) is 22.7 Å². The van der Waals surface area contributed by atoms with Gasteiger partial charge in [0.1, 0.15) is 11.5 Å². The van der Waals surface area contributed by atoms with E-state index in [0.29, 0.717) is 13.2 Å². The number of thiophene rings is 2. The summed E-state index contributed by atoms with van der Waals surface area (Å²) >= 11 is 3.29. The lowest BCUT2D eigenvalue weighted by Gasteiger charge is -2.04. The SMILES string of the molecule is c1cc(OCCCOc2ccsc2)cs1. The Balaban J connectivity index is 1.56. The van der Waals surface area contributed by atoms with Crippen molar-refractivity contribution in [2.24, 2.45) is 0 Å². The van der Waals surface area contributed by atoms with Crippen LogP contribution in [0, 0.1) is 0 Å². The molecular weight excluding hydrogens is 228 g/mol. The van der Waals surface area contributed by atoms with Crippen LogP contribution in [0.1, 0.15) is 6.42 Å². The summed E-state index contributed by atoms with van der Waals surface area (Å²) in [7, 11) is 0. The van der Waals surface area contributed by atoms with Crippen LogP contribution in [-0.2, 0) is 0 Å². The predicted octanol–water partition coefficient (Wildman–Crippen LogP) is 3.66. The van der Waals surface area contributed by atoms with Crippen molar-refractivity contribution in [3.05, 3.63) is 33.7 Å². The predicted molar refractivity (Wildman–Crippen MR) is 64.2 cm³/mol. The number of ether oxygens (including phenoxy) is 2. The van der Waals surface area contributed by atoms with E-state index in [1.165, 1.54) is 0 Å². The lowest BCUT2D eigenvalue weighted by molar-refractivity contribution is 0.248. The maximum atomic E-state index is 5.50. The van der Waals surface area contributed by atoms with E-state index in [9.17, 15) is 0 Å². The molecule has 0 saturated heterocycles. The molecule has 0 N–H and O–H groups in total. The van der Waals surface area contributed by atoms with Crippen molar-refractivity contribution >= 4 is 22.7 Å². The fourth-order valence-electron chi connectivity index (χ4n) is 1.11. The Labute approximate surface area is 97.1 Å². The summed E-state index contributed by atoms with van der Waals surface area (Å²) in [4.78, 5) is 0. The second-order valence-corrected chi connectivity index (χ2v) is 4.53. The highest BCUT2D eigenvalue weighted by molar-refractivity contribution is 7.08. The van der Waals surface area contributed by atoms with Gasteiger partial charge in [0, 0.05) is 17.2 Å². The summed E-state index contributed by atoms with van der Waals surface area (Å²) in [6, 6.07) is 3.95. The highest BCUT2D eigenvalue weighted by Gasteiger charge is 1.95. The normalized spacial score (nSPS) is 10.1. The van der Waals surface area contributed by atoms with Crippen molar-refractivity contribution in [2.45, 2.75) is 6.42 Å². The first-order valence-corrected chi connectivity index (χ1v) is 6.64. The zero-order valence-corrected chi connectivity index (χ0v) is 9.85. The minimum atomic E-state index is 0.709. The molecule has 0 bridgehead atoms. The van der Waals surface area contributed by atoms with Gasteiger partial charge in [-0.1, -0.05) is 0 Å². The molecule has 4 heteroatoms.